The molecule has 1 amide bonds. The molecule has 1 fully saturated rings. The molecule has 0 bridgehead atoms. The highest BCUT2D eigenvalue weighted by Gasteiger charge is 2.28. The number of hydrogen-bond acceptors (Lipinski definition) is 3. The predicted octanol–water partition coefficient (Wildman–Crippen LogP) is 1.96. The minimum atomic E-state index is -0.733. The summed E-state index contributed by atoms with van der Waals surface area (Å²) >= 11 is 0. The van der Waals surface area contributed by atoms with Crippen LogP contribution in [0.1, 0.15) is 54.4 Å². The summed E-state index contributed by atoms with van der Waals surface area (Å²) in [6, 6.07) is 7.26. The molecule has 20 heavy (non-hydrogen) atoms. The molecule has 0 aromatic heterocycles. The average molecular weight is 276 g/mol. The van der Waals surface area contributed by atoms with E-state index in [1.807, 2.05) is 12.1 Å². The van der Waals surface area contributed by atoms with Crippen LogP contribution in [0, 0.1) is 0 Å². The molecule has 1 aromatic carbocycles. The minimum Gasteiger partial charge on any atom is -0.388 e. The number of benzene rings is 1. The molecule has 4 heteroatoms. The van der Waals surface area contributed by atoms with Gasteiger partial charge in [-0.3, -0.25) is 4.79 Å². The van der Waals surface area contributed by atoms with E-state index in [1.165, 1.54) is 12.8 Å². The first-order valence-corrected chi connectivity index (χ1v) is 7.43. The molecule has 0 aliphatic heterocycles. The Morgan fingerprint density at radius 3 is 2.30 bits per heavy atom. The van der Waals surface area contributed by atoms with Crippen molar-refractivity contribution >= 4 is 5.91 Å². The lowest BCUT2D eigenvalue weighted by atomic mass is 9.94. The van der Waals surface area contributed by atoms with Gasteiger partial charge in [-0.05, 0) is 30.5 Å². The van der Waals surface area contributed by atoms with E-state index < -0.39 is 5.60 Å². The number of rotatable bonds is 4. The number of aliphatic hydroxyl groups is 1. The minimum absolute atomic E-state index is 0.133. The zero-order chi connectivity index (χ0) is 14.4. The third kappa shape index (κ3) is 4.05. The number of carbonyl (C=O) groups excluding carboxylic acids is 1. The third-order valence-corrected chi connectivity index (χ3v) is 4.06. The quantitative estimate of drug-likeness (QED) is 0.736. The molecule has 1 aliphatic carbocycles. The molecule has 0 spiro atoms. The monoisotopic (exact) mass is 276 g/mol. The van der Waals surface area contributed by atoms with Crippen molar-refractivity contribution in [1.29, 1.82) is 0 Å². The van der Waals surface area contributed by atoms with Gasteiger partial charge in [-0.25, -0.2) is 0 Å². The van der Waals surface area contributed by atoms with E-state index in [0.717, 1.165) is 31.2 Å². The zero-order valence-electron chi connectivity index (χ0n) is 11.9. The van der Waals surface area contributed by atoms with Crippen LogP contribution in [0.15, 0.2) is 24.3 Å². The Labute approximate surface area is 120 Å². The van der Waals surface area contributed by atoms with Gasteiger partial charge in [0.05, 0.1) is 5.60 Å². The van der Waals surface area contributed by atoms with Gasteiger partial charge in [0.1, 0.15) is 0 Å². The number of amides is 1. The first-order chi connectivity index (χ1) is 9.63. The lowest BCUT2D eigenvalue weighted by Gasteiger charge is -2.26. The van der Waals surface area contributed by atoms with Gasteiger partial charge in [-0.1, -0.05) is 37.8 Å². The van der Waals surface area contributed by atoms with Crippen molar-refractivity contribution in [3.05, 3.63) is 35.4 Å². The summed E-state index contributed by atoms with van der Waals surface area (Å²) in [5, 5.41) is 13.4. The van der Waals surface area contributed by atoms with Crippen LogP contribution in [0.4, 0.5) is 0 Å². The van der Waals surface area contributed by atoms with E-state index in [1.54, 1.807) is 12.1 Å². The molecule has 0 heterocycles. The molecule has 0 radical (unpaired) electrons. The molecule has 1 aromatic rings. The van der Waals surface area contributed by atoms with Crippen LogP contribution in [0.25, 0.3) is 0 Å². The van der Waals surface area contributed by atoms with Crippen molar-refractivity contribution in [1.82, 2.24) is 5.32 Å². The highest BCUT2D eigenvalue weighted by Crippen LogP contribution is 2.26. The van der Waals surface area contributed by atoms with Crippen molar-refractivity contribution < 1.29 is 9.90 Å². The molecule has 0 saturated heterocycles. The lowest BCUT2D eigenvalue weighted by Crippen LogP contribution is -2.42. The molecule has 0 atom stereocenters. The summed E-state index contributed by atoms with van der Waals surface area (Å²) in [4.78, 5) is 12.1. The fourth-order valence-corrected chi connectivity index (χ4v) is 2.70. The van der Waals surface area contributed by atoms with Gasteiger partial charge in [0, 0.05) is 18.7 Å². The number of hydrogen-bond donors (Lipinski definition) is 3. The standard InChI is InChI=1S/C16H24N2O2/c17-11-13-5-7-14(8-6-13)15(19)18-12-16(20)9-3-1-2-4-10-16/h5-8,20H,1-4,9-12,17H2,(H,18,19). The van der Waals surface area contributed by atoms with Crippen LogP contribution in [0.5, 0.6) is 0 Å². The van der Waals surface area contributed by atoms with Gasteiger partial charge < -0.3 is 16.2 Å². The van der Waals surface area contributed by atoms with Crippen LogP contribution >= 0.6 is 0 Å². The lowest BCUT2D eigenvalue weighted by molar-refractivity contribution is 0.0246. The van der Waals surface area contributed by atoms with Crippen LogP contribution in [0.2, 0.25) is 0 Å². The van der Waals surface area contributed by atoms with E-state index >= 15 is 0 Å². The maximum Gasteiger partial charge on any atom is 0.251 e. The van der Waals surface area contributed by atoms with E-state index in [4.69, 9.17) is 5.73 Å². The van der Waals surface area contributed by atoms with Crippen molar-refractivity contribution in [3.63, 3.8) is 0 Å². The van der Waals surface area contributed by atoms with E-state index in [-0.39, 0.29) is 5.91 Å². The fraction of sp³-hybridized carbons (Fsp3) is 0.562. The number of nitrogens with two attached hydrogens (primary N) is 1. The van der Waals surface area contributed by atoms with Gasteiger partial charge in [0.15, 0.2) is 0 Å². The molecular formula is C16H24N2O2. The SMILES string of the molecule is NCc1ccc(C(=O)NCC2(O)CCCCCC2)cc1. The van der Waals surface area contributed by atoms with E-state index in [2.05, 4.69) is 5.32 Å². The topological polar surface area (TPSA) is 75.4 Å². The molecule has 1 saturated carbocycles. The molecule has 0 unspecified atom stereocenters. The molecular weight excluding hydrogens is 252 g/mol. The second kappa shape index (κ2) is 6.86. The second-order valence-electron chi connectivity index (χ2n) is 5.72. The first kappa shape index (κ1) is 15.0. The largest absolute Gasteiger partial charge is 0.388 e. The van der Waals surface area contributed by atoms with E-state index in [0.29, 0.717) is 18.7 Å². The Bertz CT molecular complexity index is 434. The highest BCUT2D eigenvalue weighted by atomic mass is 16.3. The summed E-state index contributed by atoms with van der Waals surface area (Å²) < 4.78 is 0. The number of carbonyl (C=O) groups is 1. The summed E-state index contributed by atoms with van der Waals surface area (Å²) in [6.07, 6.45) is 5.99. The Hall–Kier alpha value is -1.39. The molecule has 4 N–H and O–H groups in total. The van der Waals surface area contributed by atoms with Gasteiger partial charge in [0.25, 0.3) is 5.91 Å². The molecule has 2 rings (SSSR count). The third-order valence-electron chi connectivity index (χ3n) is 4.06. The van der Waals surface area contributed by atoms with Crippen LogP contribution in [0.3, 0.4) is 0 Å². The van der Waals surface area contributed by atoms with Crippen LogP contribution in [-0.2, 0) is 6.54 Å². The Morgan fingerprint density at radius 1 is 1.15 bits per heavy atom. The Balaban J connectivity index is 1.90. The Kier molecular flexibility index (Phi) is 5.15. The van der Waals surface area contributed by atoms with Crippen molar-refractivity contribution in [2.75, 3.05) is 6.54 Å². The zero-order valence-corrected chi connectivity index (χ0v) is 11.9. The van der Waals surface area contributed by atoms with E-state index in [9.17, 15) is 9.90 Å². The van der Waals surface area contributed by atoms with Crippen molar-refractivity contribution in [2.45, 2.75) is 50.7 Å². The predicted molar refractivity (Wildman–Crippen MR) is 79.3 cm³/mol. The average Bonchev–Trinajstić information content (AvgIpc) is 2.70. The summed E-state index contributed by atoms with van der Waals surface area (Å²) in [5.74, 6) is -0.133. The number of nitrogens with one attached hydrogen (secondary N) is 1. The fourth-order valence-electron chi connectivity index (χ4n) is 2.70. The van der Waals surface area contributed by atoms with Gasteiger partial charge in [0.2, 0.25) is 0 Å². The molecule has 110 valence electrons. The normalized spacial score (nSPS) is 18.3. The van der Waals surface area contributed by atoms with Crippen LogP contribution < -0.4 is 11.1 Å². The van der Waals surface area contributed by atoms with Crippen molar-refractivity contribution in [2.24, 2.45) is 5.73 Å². The van der Waals surface area contributed by atoms with Crippen LogP contribution in [-0.4, -0.2) is 23.2 Å². The molecule has 1 aliphatic rings. The maximum atomic E-state index is 12.1. The first-order valence-electron chi connectivity index (χ1n) is 7.43. The smallest absolute Gasteiger partial charge is 0.251 e. The maximum absolute atomic E-state index is 12.1. The summed E-state index contributed by atoms with van der Waals surface area (Å²) in [7, 11) is 0. The van der Waals surface area contributed by atoms with Crippen molar-refractivity contribution in [3.8, 4) is 0 Å². The van der Waals surface area contributed by atoms with Gasteiger partial charge in [-0.2, -0.15) is 0 Å². The van der Waals surface area contributed by atoms with Gasteiger partial charge >= 0.3 is 0 Å². The highest BCUT2D eigenvalue weighted by molar-refractivity contribution is 5.94. The second-order valence-corrected chi connectivity index (χ2v) is 5.72. The Morgan fingerprint density at radius 2 is 1.75 bits per heavy atom. The summed E-state index contributed by atoms with van der Waals surface area (Å²) in [6.45, 7) is 0.812. The van der Waals surface area contributed by atoms with Gasteiger partial charge in [-0.15, -0.1) is 0 Å². The molecule has 4 nitrogen and oxygen atoms in total. The summed E-state index contributed by atoms with van der Waals surface area (Å²) in [5.41, 5.74) is 6.41.